The second kappa shape index (κ2) is 5.06. The summed E-state index contributed by atoms with van der Waals surface area (Å²) in [4.78, 5) is 7.01. The zero-order valence-corrected chi connectivity index (χ0v) is 14.5. The molecule has 1 saturated heterocycles. The van der Waals surface area contributed by atoms with E-state index in [0.29, 0.717) is 12.6 Å². The van der Waals surface area contributed by atoms with Crippen LogP contribution in [0.5, 0.6) is 0 Å². The minimum absolute atomic E-state index is 0.276. The Hall–Kier alpha value is -1.87. The van der Waals surface area contributed by atoms with Crippen LogP contribution in [0.25, 0.3) is 16.6 Å². The summed E-state index contributed by atoms with van der Waals surface area (Å²) in [6, 6.07) is 9.47. The van der Waals surface area contributed by atoms with Gasteiger partial charge in [-0.1, -0.05) is 31.2 Å². The van der Waals surface area contributed by atoms with Crippen molar-refractivity contribution >= 4 is 23.3 Å². The Labute approximate surface area is 143 Å². The number of fused-ring (bicyclic) bond motifs is 3. The minimum atomic E-state index is 0.276. The average molecular weight is 319 g/mol. The van der Waals surface area contributed by atoms with Crippen LogP contribution in [-0.2, 0) is 6.42 Å². The van der Waals surface area contributed by atoms with Gasteiger partial charge in [-0.3, -0.25) is 9.89 Å². The number of hydrogen-bond acceptors (Lipinski definition) is 2. The maximum atomic E-state index is 4.26. The van der Waals surface area contributed by atoms with Crippen LogP contribution in [-0.4, -0.2) is 35.8 Å². The second-order valence-electron chi connectivity index (χ2n) is 7.61. The smallest absolute Gasteiger partial charge is 0.0785 e. The maximum absolute atomic E-state index is 4.26. The molecule has 0 aliphatic carbocycles. The standard InChI is InChI=1S/C21H25N3/c1-3-21-10-6-11-23-12-9-17-16-7-4-5-8-18(16)24(19(17)20(21)23)15(13-21)14-22-2/h4-5,7-8,13,20H,2-3,6,9-12,14H2,1H3/t20-,21+/m1/s1. The number of benzene rings is 1. The van der Waals surface area contributed by atoms with Gasteiger partial charge in [-0.25, -0.2) is 0 Å². The van der Waals surface area contributed by atoms with Gasteiger partial charge in [-0.15, -0.1) is 0 Å². The molecule has 2 atom stereocenters. The average Bonchev–Trinajstić information content (AvgIpc) is 2.96. The van der Waals surface area contributed by atoms with Crippen molar-refractivity contribution in [2.75, 3.05) is 19.6 Å². The summed E-state index contributed by atoms with van der Waals surface area (Å²) < 4.78 is 2.52. The lowest BCUT2D eigenvalue weighted by Gasteiger charge is -2.53. The third kappa shape index (κ3) is 1.68. The molecule has 0 saturated carbocycles. The molecule has 0 bridgehead atoms. The molecule has 0 amide bonds. The van der Waals surface area contributed by atoms with Crippen LogP contribution >= 0.6 is 0 Å². The lowest BCUT2D eigenvalue weighted by molar-refractivity contribution is 0.0269. The lowest BCUT2D eigenvalue weighted by Crippen LogP contribution is -2.50. The Morgan fingerprint density at radius 3 is 3.00 bits per heavy atom. The summed E-state index contributed by atoms with van der Waals surface area (Å²) in [5.74, 6) is 0. The monoisotopic (exact) mass is 319 g/mol. The highest BCUT2D eigenvalue weighted by atomic mass is 15.2. The van der Waals surface area contributed by atoms with Gasteiger partial charge in [0.15, 0.2) is 0 Å². The maximum Gasteiger partial charge on any atom is 0.0785 e. The zero-order chi connectivity index (χ0) is 16.3. The van der Waals surface area contributed by atoms with Gasteiger partial charge in [0.25, 0.3) is 0 Å². The van der Waals surface area contributed by atoms with E-state index < -0.39 is 0 Å². The topological polar surface area (TPSA) is 20.5 Å². The molecule has 3 aliphatic heterocycles. The molecule has 2 aromatic rings. The van der Waals surface area contributed by atoms with Gasteiger partial charge < -0.3 is 4.57 Å². The third-order valence-corrected chi connectivity index (χ3v) is 6.60. The van der Waals surface area contributed by atoms with Crippen LogP contribution < -0.4 is 0 Å². The van der Waals surface area contributed by atoms with Crippen LogP contribution in [0.15, 0.2) is 35.3 Å². The van der Waals surface area contributed by atoms with Crippen molar-refractivity contribution in [3.05, 3.63) is 41.6 Å². The van der Waals surface area contributed by atoms with Gasteiger partial charge in [-0.05, 0) is 50.6 Å². The quantitative estimate of drug-likeness (QED) is 0.773. The van der Waals surface area contributed by atoms with Gasteiger partial charge >= 0.3 is 0 Å². The number of piperidine rings is 1. The second-order valence-corrected chi connectivity index (χ2v) is 7.61. The number of para-hydroxylation sites is 1. The van der Waals surface area contributed by atoms with Gasteiger partial charge in [-0.2, -0.15) is 0 Å². The zero-order valence-electron chi connectivity index (χ0n) is 14.5. The van der Waals surface area contributed by atoms with Gasteiger partial charge in [0.1, 0.15) is 0 Å². The highest BCUT2D eigenvalue weighted by Crippen LogP contribution is 2.56. The molecular formula is C21H25N3. The molecule has 1 aromatic carbocycles. The minimum Gasteiger partial charge on any atom is -0.314 e. The summed E-state index contributed by atoms with van der Waals surface area (Å²) in [5.41, 5.74) is 6.11. The van der Waals surface area contributed by atoms with E-state index in [1.54, 1.807) is 11.3 Å². The van der Waals surface area contributed by atoms with Crippen molar-refractivity contribution in [2.24, 2.45) is 10.4 Å². The predicted molar refractivity (Wildman–Crippen MR) is 101 cm³/mol. The number of rotatable bonds is 3. The predicted octanol–water partition coefficient (Wildman–Crippen LogP) is 4.29. The Morgan fingerprint density at radius 1 is 1.29 bits per heavy atom. The molecular weight excluding hydrogens is 294 g/mol. The van der Waals surface area contributed by atoms with Crippen molar-refractivity contribution in [2.45, 2.75) is 38.6 Å². The van der Waals surface area contributed by atoms with Gasteiger partial charge in [0.2, 0.25) is 0 Å². The van der Waals surface area contributed by atoms with E-state index in [-0.39, 0.29) is 5.41 Å². The van der Waals surface area contributed by atoms with E-state index >= 15 is 0 Å². The first kappa shape index (κ1) is 14.5. The SMILES string of the molecule is C=NCC1=C[C@]2(CC)CCCN3CCc4c(n1c1ccccc41)[C@@H]32. The summed E-state index contributed by atoms with van der Waals surface area (Å²) in [7, 11) is 0. The first-order valence-corrected chi connectivity index (χ1v) is 9.30. The van der Waals surface area contributed by atoms with Crippen molar-refractivity contribution in [3.63, 3.8) is 0 Å². The third-order valence-electron chi connectivity index (χ3n) is 6.60. The fraction of sp³-hybridized carbons (Fsp3) is 0.476. The Kier molecular flexibility index (Phi) is 3.05. The highest BCUT2D eigenvalue weighted by Gasteiger charge is 2.50. The summed E-state index contributed by atoms with van der Waals surface area (Å²) in [5, 5.41) is 1.44. The molecule has 0 spiro atoms. The van der Waals surface area contributed by atoms with Crippen LogP contribution in [0.4, 0.5) is 0 Å². The summed E-state index contributed by atoms with van der Waals surface area (Å²) >= 11 is 0. The molecule has 3 heteroatoms. The lowest BCUT2D eigenvalue weighted by atomic mass is 9.66. The number of nitrogens with zero attached hydrogens (tertiary/aromatic N) is 3. The molecule has 1 fully saturated rings. The molecule has 3 aliphatic rings. The van der Waals surface area contributed by atoms with Crippen molar-refractivity contribution in [3.8, 4) is 0 Å². The summed E-state index contributed by atoms with van der Waals surface area (Å²) in [6.45, 7) is 9.31. The number of aliphatic imine (C=N–C) groups is 1. The first-order chi connectivity index (χ1) is 11.8. The molecule has 124 valence electrons. The van der Waals surface area contributed by atoms with Crippen molar-refractivity contribution in [1.82, 2.24) is 9.47 Å². The van der Waals surface area contributed by atoms with E-state index in [1.165, 1.54) is 55.4 Å². The molecule has 0 unspecified atom stereocenters. The van der Waals surface area contributed by atoms with Crippen LogP contribution in [0.1, 0.15) is 43.5 Å². The molecule has 0 N–H and O–H groups in total. The molecule has 0 radical (unpaired) electrons. The van der Waals surface area contributed by atoms with Crippen LogP contribution in [0.3, 0.4) is 0 Å². The number of hydrogen-bond donors (Lipinski definition) is 0. The fourth-order valence-electron chi connectivity index (χ4n) is 5.62. The van der Waals surface area contributed by atoms with Gasteiger partial charge in [0, 0.05) is 28.7 Å². The molecule has 24 heavy (non-hydrogen) atoms. The van der Waals surface area contributed by atoms with Crippen molar-refractivity contribution < 1.29 is 0 Å². The molecule has 4 heterocycles. The molecule has 1 aromatic heterocycles. The van der Waals surface area contributed by atoms with E-state index in [9.17, 15) is 0 Å². The Morgan fingerprint density at radius 2 is 2.17 bits per heavy atom. The molecule has 3 nitrogen and oxygen atoms in total. The number of aromatic nitrogens is 1. The highest BCUT2D eigenvalue weighted by molar-refractivity contribution is 5.90. The molecule has 5 rings (SSSR count). The Bertz CT molecular complexity index is 859. The van der Waals surface area contributed by atoms with E-state index in [0.717, 1.165) is 0 Å². The fourth-order valence-corrected chi connectivity index (χ4v) is 5.62. The van der Waals surface area contributed by atoms with E-state index in [4.69, 9.17) is 0 Å². The van der Waals surface area contributed by atoms with Crippen LogP contribution in [0, 0.1) is 5.41 Å². The first-order valence-electron chi connectivity index (χ1n) is 9.30. The van der Waals surface area contributed by atoms with E-state index in [1.807, 2.05) is 0 Å². The van der Waals surface area contributed by atoms with Crippen LogP contribution in [0.2, 0.25) is 0 Å². The van der Waals surface area contributed by atoms with E-state index in [2.05, 4.69) is 58.4 Å². The van der Waals surface area contributed by atoms with Gasteiger partial charge in [0.05, 0.1) is 18.1 Å². The summed E-state index contributed by atoms with van der Waals surface area (Å²) in [6.07, 6.45) is 7.55. The normalized spacial score (nSPS) is 28.5. The Balaban J connectivity index is 1.88. The van der Waals surface area contributed by atoms with Crippen molar-refractivity contribution in [1.29, 1.82) is 0 Å². The largest absolute Gasteiger partial charge is 0.314 e.